The molecular formula is C35H53Hg2N8O5S2. The van der Waals surface area contributed by atoms with E-state index in [9.17, 15) is 4.79 Å². The van der Waals surface area contributed by atoms with Gasteiger partial charge < -0.3 is 5.11 Å². The second kappa shape index (κ2) is 32.2. The fraction of sp³-hybridized carbons (Fsp3) is 0.543. The minimum Gasteiger partial charge on any atom is -0.210 e. The van der Waals surface area contributed by atoms with E-state index in [4.69, 9.17) is 44.2 Å². The maximum Gasteiger partial charge on any atom is 0.242 e. The zero-order valence-electron chi connectivity index (χ0n) is 30.9. The zero-order chi connectivity index (χ0) is 37.7. The second-order valence-electron chi connectivity index (χ2n) is 11.8. The molecule has 2 unspecified atom stereocenters. The van der Waals surface area contributed by atoms with Crippen LogP contribution < -0.4 is 0 Å². The number of benzene rings is 2. The summed E-state index contributed by atoms with van der Waals surface area (Å²) in [5.74, 6) is -1.50. The Bertz CT molecular complexity index is 1480. The van der Waals surface area contributed by atoms with Gasteiger partial charge in [0.15, 0.2) is 0 Å². The molecule has 0 saturated carbocycles. The maximum atomic E-state index is 10.4. The van der Waals surface area contributed by atoms with Gasteiger partial charge in [-0.1, -0.05) is 57.0 Å². The molecule has 2 heterocycles. The van der Waals surface area contributed by atoms with Gasteiger partial charge in [-0.2, -0.15) is 10.4 Å². The number of H-pyrrole nitrogens is 2. The van der Waals surface area contributed by atoms with Gasteiger partial charge in [-0.25, -0.2) is 9.36 Å². The van der Waals surface area contributed by atoms with Crippen molar-refractivity contribution in [2.45, 2.75) is 113 Å². The van der Waals surface area contributed by atoms with Crippen LogP contribution >= 0.6 is 24.4 Å². The van der Waals surface area contributed by atoms with E-state index in [-0.39, 0.29) is 27.7 Å². The third kappa shape index (κ3) is 24.2. The number of methoxy groups -OCH3 is 1. The first-order chi connectivity index (χ1) is 24.6. The minimum atomic E-state index is -0.833. The molecule has 0 amide bonds. The number of carbonyl (C=O) groups is 2. The van der Waals surface area contributed by atoms with E-state index >= 15 is 0 Å². The van der Waals surface area contributed by atoms with Crippen LogP contribution in [-0.2, 0) is 68.1 Å². The smallest absolute Gasteiger partial charge is 0.210 e. The molecule has 0 fully saturated rings. The molecule has 2 aromatic carbocycles. The van der Waals surface area contributed by atoms with Crippen LogP contribution in [0.1, 0.15) is 104 Å². The van der Waals surface area contributed by atoms with E-state index in [1.165, 1.54) is 70.6 Å². The summed E-state index contributed by atoms with van der Waals surface area (Å²) in [6.07, 6.45) is 17.2. The first-order valence-electron chi connectivity index (χ1n) is 17.5. The summed E-state index contributed by atoms with van der Waals surface area (Å²) in [5, 5.41) is 35.9. The van der Waals surface area contributed by atoms with Crippen LogP contribution in [0.2, 0.25) is 3.43 Å². The van der Waals surface area contributed by atoms with Gasteiger partial charge in [0, 0.05) is 34.6 Å². The van der Waals surface area contributed by atoms with Crippen molar-refractivity contribution in [1.29, 1.82) is 0 Å². The Morgan fingerprint density at radius 1 is 0.750 bits per heavy atom. The topological polar surface area (TPSA) is 177 Å². The Labute approximate surface area is 354 Å². The van der Waals surface area contributed by atoms with Crippen LogP contribution in [-0.4, -0.2) is 75.8 Å². The van der Waals surface area contributed by atoms with Crippen LogP contribution in [0.15, 0.2) is 60.7 Å². The molecule has 0 saturated heterocycles. The number of rotatable bonds is 19. The number of aromatic amines is 2. The van der Waals surface area contributed by atoms with Crippen LogP contribution in [0, 0.1) is 9.54 Å². The molecule has 279 valence electrons. The number of nitrogens with zero attached hydrogens (tertiary/aromatic N) is 6. The Morgan fingerprint density at radius 2 is 1.15 bits per heavy atom. The van der Waals surface area contributed by atoms with Gasteiger partial charge in [0.2, 0.25) is 9.54 Å². The molecule has 0 aliphatic carbocycles. The fourth-order valence-electron chi connectivity index (χ4n) is 4.96. The summed E-state index contributed by atoms with van der Waals surface area (Å²) in [6.45, 7) is 3.35. The number of carboxylic acid groups (broad SMARTS) is 2. The summed E-state index contributed by atoms with van der Waals surface area (Å²) in [7, 11) is 1.88. The standard InChI is InChI=1S/C19H37O3.2C7H6N4S.C2H4O2.2Hg/c1-3-4-5-6-9-12-15-18(22-2)16-13-10-7-8-11-14-17-19(20)21;2*12-7-8-9-10-11(7)6-4-2-1-3-5-6;1-2(3)4;;/h16,18H,3-15,17H2,1-2H3,(H,20,21);2*1-5H,(H,8,10,12);1H3,(H,3,4);;. The van der Waals surface area contributed by atoms with Crippen molar-refractivity contribution in [2.24, 2.45) is 0 Å². The zero-order valence-corrected chi connectivity index (χ0v) is 43.5. The molecule has 4 aromatic rings. The summed E-state index contributed by atoms with van der Waals surface area (Å²) in [4.78, 5) is 19.4. The number of aromatic nitrogens is 8. The SMILES string of the molecule is CC(=O)O.CCCCCCCCC(OC)[CH]([Hg])CCCCCCCC(=O)O.S=c1nn[nH]n1-c1ccccc1.S=c1nn[nH]n1-c1ccccc1.[Hg]. The van der Waals surface area contributed by atoms with Gasteiger partial charge in [-0.3, -0.25) is 4.79 Å². The van der Waals surface area contributed by atoms with Gasteiger partial charge >= 0.3 is 160 Å². The number of para-hydroxylation sites is 2. The fourth-order valence-corrected chi connectivity index (χ4v) is 8.12. The molecular weight excluding hydrogens is 1080 g/mol. The van der Waals surface area contributed by atoms with Crippen molar-refractivity contribution in [2.75, 3.05) is 7.11 Å². The Hall–Kier alpha value is -2.21. The maximum absolute atomic E-state index is 10.4. The molecule has 4 N–H and O–H groups in total. The number of tetrazole rings is 2. The normalized spacial score (nSPS) is 11.2. The molecule has 13 nitrogen and oxygen atoms in total. The van der Waals surface area contributed by atoms with Crippen molar-refractivity contribution in [3.63, 3.8) is 0 Å². The van der Waals surface area contributed by atoms with E-state index in [1.54, 1.807) is 9.36 Å². The van der Waals surface area contributed by atoms with Crippen molar-refractivity contribution >= 4 is 36.4 Å². The van der Waals surface area contributed by atoms with Crippen molar-refractivity contribution in [3.05, 3.63) is 70.2 Å². The van der Waals surface area contributed by atoms with E-state index in [2.05, 4.69) is 38.0 Å². The Balaban J connectivity index is 0.000000750. The van der Waals surface area contributed by atoms with E-state index < -0.39 is 11.9 Å². The summed E-state index contributed by atoms with van der Waals surface area (Å²) in [5.41, 5.74) is 1.88. The monoisotopic (exact) mass is 1130 g/mol. The molecule has 2 aromatic heterocycles. The second-order valence-corrected chi connectivity index (χ2v) is 16.6. The summed E-state index contributed by atoms with van der Waals surface area (Å²) < 4.78 is 10.7. The Morgan fingerprint density at radius 3 is 1.54 bits per heavy atom. The molecule has 4 rings (SSSR count). The molecule has 17 heteroatoms. The predicted octanol–water partition coefficient (Wildman–Crippen LogP) is 8.64. The summed E-state index contributed by atoms with van der Waals surface area (Å²) in [6, 6.07) is 19.3. The average molecular weight is 1130 g/mol. The molecule has 2 atom stereocenters. The van der Waals surface area contributed by atoms with Gasteiger partial charge in [0.1, 0.15) is 0 Å². The van der Waals surface area contributed by atoms with Crippen LogP contribution in [0.3, 0.4) is 0 Å². The molecule has 0 radical (unpaired) electrons. The largest absolute Gasteiger partial charge is 0.242 e. The van der Waals surface area contributed by atoms with Gasteiger partial charge in [0.25, 0.3) is 5.97 Å². The number of hydrogen-bond acceptors (Lipinski definition) is 9. The first-order valence-corrected chi connectivity index (χ1v) is 21.5. The molecule has 0 aliphatic rings. The average Bonchev–Trinajstić information content (AvgIpc) is 3.76. The minimum absolute atomic E-state index is 0. The van der Waals surface area contributed by atoms with Gasteiger partial charge in [-0.15, -0.1) is 0 Å². The number of nitrogens with one attached hydrogen (secondary N) is 2. The Kier molecular flexibility index (Phi) is 30.9. The quantitative estimate of drug-likeness (QED) is 0.0402. The number of aliphatic carboxylic acids is 2. The van der Waals surface area contributed by atoms with E-state index in [0.29, 0.717) is 22.1 Å². The third-order valence-corrected chi connectivity index (χ3v) is 11.8. The van der Waals surface area contributed by atoms with Crippen molar-refractivity contribution < 1.29 is 78.3 Å². The number of carboxylic acids is 2. The van der Waals surface area contributed by atoms with Gasteiger partial charge in [-0.05, 0) is 48.7 Å². The first kappa shape index (κ1) is 49.8. The van der Waals surface area contributed by atoms with Crippen LogP contribution in [0.5, 0.6) is 0 Å². The van der Waals surface area contributed by atoms with E-state index in [0.717, 1.165) is 60.7 Å². The third-order valence-electron chi connectivity index (χ3n) is 7.61. The molecule has 0 spiro atoms. The van der Waals surface area contributed by atoms with Crippen LogP contribution in [0.25, 0.3) is 11.4 Å². The number of ether oxygens (including phenoxy) is 1. The van der Waals surface area contributed by atoms with Gasteiger partial charge in [0.05, 0.1) is 11.4 Å². The molecule has 0 aliphatic heterocycles. The van der Waals surface area contributed by atoms with Crippen molar-refractivity contribution in [3.8, 4) is 11.4 Å². The van der Waals surface area contributed by atoms with Crippen molar-refractivity contribution in [1.82, 2.24) is 40.4 Å². The molecule has 0 bridgehead atoms. The van der Waals surface area contributed by atoms with E-state index in [1.807, 2.05) is 67.8 Å². The predicted molar refractivity (Wildman–Crippen MR) is 199 cm³/mol. The van der Waals surface area contributed by atoms with Crippen LogP contribution in [0.4, 0.5) is 0 Å². The summed E-state index contributed by atoms with van der Waals surface area (Å²) >= 11 is 10.6. The number of unbranched alkanes of at least 4 members (excludes halogenated alkanes) is 9. The number of hydrogen-bond donors (Lipinski definition) is 4. The molecule has 52 heavy (non-hydrogen) atoms.